The first kappa shape index (κ1) is 22.0. The summed E-state index contributed by atoms with van der Waals surface area (Å²) >= 11 is -3.79. The second-order valence-electron chi connectivity index (χ2n) is 5.74. The Bertz CT molecular complexity index is 430. The monoisotopic (exact) mass is 365 g/mol. The number of carboxylic acid groups (broad SMARTS) is 2. The fourth-order valence-electron chi connectivity index (χ4n) is 2.74. The molecule has 0 amide bonds. The first-order valence-corrected chi connectivity index (χ1v) is 9.68. The summed E-state index contributed by atoms with van der Waals surface area (Å²) < 4.78 is 1.89. The van der Waals surface area contributed by atoms with Gasteiger partial charge in [0.05, 0.1) is 0 Å². The Hall–Kier alpha value is -1.05. The number of carbonyl (C=O) groups excluding carboxylic acids is 2. The maximum absolute atomic E-state index is 12.2. The summed E-state index contributed by atoms with van der Waals surface area (Å²) in [7, 11) is 0. The van der Waals surface area contributed by atoms with Crippen molar-refractivity contribution in [3.8, 4) is 0 Å². The molecule has 0 radical (unpaired) electrons. The van der Waals surface area contributed by atoms with Gasteiger partial charge >= 0.3 is 142 Å². The van der Waals surface area contributed by atoms with Gasteiger partial charge < -0.3 is 0 Å². The van der Waals surface area contributed by atoms with Crippen molar-refractivity contribution in [2.75, 3.05) is 0 Å². The Morgan fingerprint density at radius 1 is 0.913 bits per heavy atom. The van der Waals surface area contributed by atoms with Gasteiger partial charge in [-0.25, -0.2) is 0 Å². The van der Waals surface area contributed by atoms with Crippen LogP contribution in [0, 0.1) is 0 Å². The molecule has 0 aromatic rings. The molecule has 7 nitrogen and oxygen atoms in total. The second-order valence-corrected chi connectivity index (χ2v) is 9.80. The van der Waals surface area contributed by atoms with Crippen LogP contribution in [0.15, 0.2) is 0 Å². The van der Waals surface area contributed by atoms with Crippen molar-refractivity contribution in [3.05, 3.63) is 0 Å². The van der Waals surface area contributed by atoms with Crippen LogP contribution in [0.3, 0.4) is 0 Å². The zero-order valence-electron chi connectivity index (χ0n) is 14.4. The molecule has 0 bridgehead atoms. The van der Waals surface area contributed by atoms with Crippen molar-refractivity contribution in [3.63, 3.8) is 0 Å². The third-order valence-electron chi connectivity index (χ3n) is 4.12. The van der Waals surface area contributed by atoms with E-state index < -0.39 is 55.3 Å². The molecule has 23 heavy (non-hydrogen) atoms. The standard InChI is InChI=1S/2C6H9O3.C3H7O.Ti/c2*1-3-5(4(2)7)6(8)9;1-3(2)4;/h2*3H2,1-2H3,(H,8,9);3H,1-2H3;/q;;-1;+1. The van der Waals surface area contributed by atoms with E-state index >= 15 is 0 Å². The van der Waals surface area contributed by atoms with E-state index in [-0.39, 0.29) is 12.8 Å². The molecule has 131 valence electrons. The van der Waals surface area contributed by atoms with E-state index in [9.17, 15) is 29.4 Å². The van der Waals surface area contributed by atoms with E-state index in [2.05, 4.69) is 0 Å². The molecule has 8 heteroatoms. The predicted octanol–water partition coefficient (Wildman–Crippen LogP) is 2.43. The van der Waals surface area contributed by atoms with E-state index in [0.29, 0.717) is 0 Å². The van der Waals surface area contributed by atoms with Gasteiger partial charge in [-0.05, 0) is 0 Å². The summed E-state index contributed by atoms with van der Waals surface area (Å²) in [5.74, 6) is -4.15. The molecule has 0 aliphatic carbocycles. The molecule has 0 rings (SSSR count). The van der Waals surface area contributed by atoms with Crippen LogP contribution in [0.5, 0.6) is 0 Å². The number of carboxylic acids is 2. The molecule has 2 N–H and O–H groups in total. The van der Waals surface area contributed by atoms with Gasteiger partial charge in [0.15, 0.2) is 0 Å². The normalized spacial score (nSPS) is 16.3. The topological polar surface area (TPSA) is 118 Å². The molecule has 0 fully saturated rings. The Morgan fingerprint density at radius 3 is 1.35 bits per heavy atom. The summed E-state index contributed by atoms with van der Waals surface area (Å²) in [4.78, 5) is 48.4. The van der Waals surface area contributed by atoms with Gasteiger partial charge in [0.2, 0.25) is 0 Å². The van der Waals surface area contributed by atoms with Crippen LogP contribution >= 0.6 is 0 Å². The summed E-state index contributed by atoms with van der Waals surface area (Å²) in [5, 5.41) is 19.5. The summed E-state index contributed by atoms with van der Waals surface area (Å²) in [6.07, 6.45) is -0.705. The molecule has 0 saturated heterocycles. The van der Waals surface area contributed by atoms with Gasteiger partial charge in [0.25, 0.3) is 0 Å². The molecule has 0 aliphatic heterocycles. The molecular weight excluding hydrogens is 340 g/mol. The number of hydrogen-bond acceptors (Lipinski definition) is 5. The molecule has 0 aromatic carbocycles. The Balaban J connectivity index is 6.74. The Morgan fingerprint density at radius 2 is 1.22 bits per heavy atom. The van der Waals surface area contributed by atoms with Gasteiger partial charge in [-0.1, -0.05) is 0 Å². The van der Waals surface area contributed by atoms with Crippen molar-refractivity contribution in [1.29, 1.82) is 0 Å². The molecule has 0 aromatic heterocycles. The molecule has 2 atom stereocenters. The molecule has 0 aliphatic rings. The van der Waals surface area contributed by atoms with E-state index in [0.717, 1.165) is 13.8 Å². The minimum atomic E-state index is -3.79. The first-order valence-electron chi connectivity index (χ1n) is 7.48. The number of rotatable bonds is 10. The van der Waals surface area contributed by atoms with Gasteiger partial charge in [-0.3, -0.25) is 0 Å². The average molecular weight is 365 g/mol. The number of carbonyl (C=O) groups is 4. The maximum atomic E-state index is 12.2. The van der Waals surface area contributed by atoms with E-state index in [1.54, 1.807) is 13.8 Å². The fraction of sp³-hybridized carbons (Fsp3) is 0.733. The number of Topliss-reactive ketones (excluding diaryl/α,β-unsaturated/α-hetero) is 2. The van der Waals surface area contributed by atoms with E-state index in [1.807, 2.05) is 0 Å². The third kappa shape index (κ3) is 3.73. The number of hydrogen-bond donors (Lipinski definition) is 2. The molecule has 0 saturated carbocycles. The van der Waals surface area contributed by atoms with Gasteiger partial charge in [-0.15, -0.1) is 0 Å². The van der Waals surface area contributed by atoms with Crippen LogP contribution < -0.4 is 0 Å². The summed E-state index contributed by atoms with van der Waals surface area (Å²) in [5.41, 5.74) is 0. The van der Waals surface area contributed by atoms with E-state index in [4.69, 9.17) is 3.32 Å². The zero-order chi connectivity index (χ0) is 18.6. The van der Waals surface area contributed by atoms with Crippen molar-refractivity contribution in [2.45, 2.75) is 67.9 Å². The van der Waals surface area contributed by atoms with Crippen molar-refractivity contribution < 1.29 is 51.0 Å². The van der Waals surface area contributed by atoms with Crippen molar-refractivity contribution >= 4 is 23.5 Å². The zero-order valence-corrected chi connectivity index (χ0v) is 16.0. The molecule has 0 heterocycles. The van der Waals surface area contributed by atoms with Crippen LogP contribution in [0.1, 0.15) is 54.4 Å². The van der Waals surface area contributed by atoms with Crippen LogP contribution in [0.4, 0.5) is 0 Å². The summed E-state index contributed by atoms with van der Waals surface area (Å²) in [6.45, 7) is 8.53. The van der Waals surface area contributed by atoms with Crippen LogP contribution in [0.25, 0.3) is 0 Å². The molecule has 2 unspecified atom stereocenters. The quantitative estimate of drug-likeness (QED) is 0.451. The van der Waals surface area contributed by atoms with Gasteiger partial charge in [-0.2, -0.15) is 0 Å². The van der Waals surface area contributed by atoms with Crippen molar-refractivity contribution in [2.24, 2.45) is 0 Å². The first-order chi connectivity index (χ1) is 10.4. The Labute approximate surface area is 142 Å². The predicted molar refractivity (Wildman–Crippen MR) is 78.8 cm³/mol. The molecule has 0 spiro atoms. The minimum absolute atomic E-state index is 0.109. The number of aliphatic carboxylic acids is 2. The third-order valence-corrected chi connectivity index (χ3v) is 10.5. The fourth-order valence-corrected chi connectivity index (χ4v) is 7.85. The van der Waals surface area contributed by atoms with Crippen LogP contribution in [0.2, 0.25) is 7.44 Å². The summed E-state index contributed by atoms with van der Waals surface area (Å²) in [6, 6.07) is 0. The van der Waals surface area contributed by atoms with E-state index in [1.165, 1.54) is 13.8 Å². The average Bonchev–Trinajstić information content (AvgIpc) is 2.38. The molecular formula is C15H25O7Ti. The van der Waals surface area contributed by atoms with Crippen LogP contribution in [-0.2, 0) is 40.8 Å². The SMILES string of the molecule is CC[C](C(C)=O)(C(=O)O)[Ti]([O]C(C)C)[C](CC)(C(C)=O)C(=O)O. The van der Waals surface area contributed by atoms with Gasteiger partial charge in [0, 0.05) is 0 Å². The number of ketones is 2. The van der Waals surface area contributed by atoms with Crippen LogP contribution in [-0.4, -0.2) is 39.8 Å². The second kappa shape index (κ2) is 8.17. The van der Waals surface area contributed by atoms with Crippen molar-refractivity contribution in [1.82, 2.24) is 0 Å². The van der Waals surface area contributed by atoms with Gasteiger partial charge in [0.1, 0.15) is 0 Å². The Kier molecular flexibility index (Phi) is 7.80.